The van der Waals surface area contributed by atoms with Crippen molar-refractivity contribution in [1.29, 1.82) is 0 Å². The van der Waals surface area contributed by atoms with Crippen molar-refractivity contribution in [2.45, 2.75) is 27.2 Å². The molecule has 3 fully saturated rings. The van der Waals surface area contributed by atoms with Crippen LogP contribution in [0.4, 0.5) is 0 Å². The monoisotopic (exact) mass is 433 g/mol. The van der Waals surface area contributed by atoms with Gasteiger partial charge < -0.3 is 4.57 Å². The van der Waals surface area contributed by atoms with Crippen LogP contribution in [-0.2, 0) is 9.59 Å². The van der Waals surface area contributed by atoms with Crippen LogP contribution in [0.1, 0.15) is 28.9 Å². The van der Waals surface area contributed by atoms with Crippen molar-refractivity contribution in [3.05, 3.63) is 64.0 Å². The number of hydrogen-bond donors (Lipinski definition) is 0. The van der Waals surface area contributed by atoms with Crippen molar-refractivity contribution in [3.8, 4) is 5.69 Å². The molecular formula is C25H24ClN3O2. The zero-order valence-electron chi connectivity index (χ0n) is 17.7. The molecule has 31 heavy (non-hydrogen) atoms. The van der Waals surface area contributed by atoms with Gasteiger partial charge in [0.05, 0.1) is 18.1 Å². The lowest BCUT2D eigenvalue weighted by atomic mass is 9.63. The number of carbonyl (C=O) groups excluding carboxylic acids is 2. The van der Waals surface area contributed by atoms with E-state index < -0.39 is 0 Å². The average Bonchev–Trinajstić information content (AvgIpc) is 3.47. The smallest absolute Gasteiger partial charge is 0.254 e. The van der Waals surface area contributed by atoms with Gasteiger partial charge in [0.2, 0.25) is 0 Å². The summed E-state index contributed by atoms with van der Waals surface area (Å²) in [6.07, 6.45) is 7.18. The van der Waals surface area contributed by atoms with Gasteiger partial charge in [0.1, 0.15) is 0 Å². The van der Waals surface area contributed by atoms with E-state index in [-0.39, 0.29) is 35.5 Å². The third kappa shape index (κ3) is 2.59. The minimum absolute atomic E-state index is 0.129. The van der Waals surface area contributed by atoms with E-state index in [1.807, 2.05) is 38.1 Å². The maximum Gasteiger partial charge on any atom is 0.254 e. The summed E-state index contributed by atoms with van der Waals surface area (Å²) in [7, 11) is 0. The molecule has 5 aliphatic rings. The Kier molecular flexibility index (Phi) is 3.95. The van der Waals surface area contributed by atoms with Crippen LogP contribution in [0, 0.1) is 56.3 Å². The first-order valence-electron chi connectivity index (χ1n) is 10.9. The van der Waals surface area contributed by atoms with Gasteiger partial charge in [0.25, 0.3) is 11.8 Å². The summed E-state index contributed by atoms with van der Waals surface area (Å²) in [6, 6.07) is 7.86. The van der Waals surface area contributed by atoms with Gasteiger partial charge in [-0.1, -0.05) is 29.8 Å². The Morgan fingerprint density at radius 1 is 1.00 bits per heavy atom. The number of carbonyl (C=O) groups is 2. The third-order valence-corrected chi connectivity index (χ3v) is 8.07. The zero-order chi connectivity index (χ0) is 21.6. The van der Waals surface area contributed by atoms with Gasteiger partial charge >= 0.3 is 0 Å². The minimum Gasteiger partial charge on any atom is -0.318 e. The van der Waals surface area contributed by atoms with E-state index in [1.165, 1.54) is 0 Å². The number of hydrazone groups is 1. The number of nitrogens with zero attached hydrogens (tertiary/aromatic N) is 3. The Bertz CT molecular complexity index is 1170. The lowest BCUT2D eigenvalue weighted by Gasteiger charge is -2.37. The molecule has 4 aliphatic carbocycles. The Labute approximate surface area is 186 Å². The summed E-state index contributed by atoms with van der Waals surface area (Å²) < 4.78 is 2.13. The predicted octanol–water partition coefficient (Wildman–Crippen LogP) is 4.44. The van der Waals surface area contributed by atoms with Crippen molar-refractivity contribution in [2.24, 2.45) is 40.6 Å². The molecule has 0 radical (unpaired) electrons. The molecule has 6 atom stereocenters. The predicted molar refractivity (Wildman–Crippen MR) is 119 cm³/mol. The number of amides is 2. The number of hydrogen-bond acceptors (Lipinski definition) is 3. The molecule has 1 aromatic carbocycles. The van der Waals surface area contributed by atoms with E-state index in [4.69, 9.17) is 11.6 Å². The van der Waals surface area contributed by atoms with Crippen molar-refractivity contribution < 1.29 is 9.59 Å². The highest BCUT2D eigenvalue weighted by Gasteiger charge is 2.67. The third-order valence-electron chi connectivity index (χ3n) is 7.83. The maximum atomic E-state index is 13.1. The molecule has 0 N–H and O–H groups in total. The molecule has 2 saturated carbocycles. The van der Waals surface area contributed by atoms with Gasteiger partial charge in [-0.15, -0.1) is 0 Å². The Balaban J connectivity index is 1.32. The van der Waals surface area contributed by atoms with E-state index in [2.05, 4.69) is 28.7 Å². The number of benzene rings is 1. The lowest BCUT2D eigenvalue weighted by molar-refractivity contribution is -0.140. The highest BCUT2D eigenvalue weighted by molar-refractivity contribution is 6.30. The number of aryl methyl sites for hydroxylation is 2. The van der Waals surface area contributed by atoms with Gasteiger partial charge in [-0.25, -0.2) is 0 Å². The Morgan fingerprint density at radius 2 is 1.65 bits per heavy atom. The van der Waals surface area contributed by atoms with Gasteiger partial charge in [0, 0.05) is 27.7 Å². The van der Waals surface area contributed by atoms with Crippen molar-refractivity contribution in [1.82, 2.24) is 9.58 Å². The van der Waals surface area contributed by atoms with E-state index in [1.54, 1.807) is 6.21 Å². The molecule has 1 aromatic heterocycles. The number of aromatic nitrogens is 1. The van der Waals surface area contributed by atoms with Crippen LogP contribution in [0.25, 0.3) is 5.69 Å². The molecule has 1 aliphatic heterocycles. The normalized spacial score (nSPS) is 32.8. The molecule has 0 unspecified atom stereocenters. The van der Waals surface area contributed by atoms with Crippen molar-refractivity contribution in [2.75, 3.05) is 0 Å². The van der Waals surface area contributed by atoms with Crippen LogP contribution in [0.2, 0.25) is 5.02 Å². The summed E-state index contributed by atoms with van der Waals surface area (Å²) in [5.74, 6) is 0.925. The van der Waals surface area contributed by atoms with Gasteiger partial charge in [0.15, 0.2) is 0 Å². The molecule has 2 heterocycles. The highest BCUT2D eigenvalue weighted by Crippen LogP contribution is 2.65. The molecule has 5 nitrogen and oxygen atoms in total. The average molecular weight is 434 g/mol. The highest BCUT2D eigenvalue weighted by atomic mass is 35.5. The van der Waals surface area contributed by atoms with Gasteiger partial charge in [-0.05, 0) is 74.6 Å². The molecular weight excluding hydrogens is 410 g/mol. The molecule has 2 amide bonds. The molecule has 2 bridgehead atoms. The van der Waals surface area contributed by atoms with Crippen LogP contribution in [0.15, 0.2) is 41.5 Å². The lowest BCUT2D eigenvalue weighted by Crippen LogP contribution is -2.40. The molecule has 7 rings (SSSR count). The van der Waals surface area contributed by atoms with E-state index >= 15 is 0 Å². The zero-order valence-corrected chi connectivity index (χ0v) is 18.5. The standard InChI is InChI=1S/C25H24ClN3O2/c1-12-4-5-16(26)9-21(12)28-13(2)8-15(14(28)3)11-27-29-24(30)22-17-6-7-18(20-10-19(17)20)23(22)25(29)31/h4-9,11,17-20,22-23H,10H2,1-3H3/b27-11-/t17-,18-,19-,20+,22-,23+/m0/s1. The Morgan fingerprint density at radius 3 is 2.29 bits per heavy atom. The summed E-state index contributed by atoms with van der Waals surface area (Å²) in [4.78, 5) is 26.2. The van der Waals surface area contributed by atoms with Gasteiger partial charge in [-0.3, -0.25) is 9.59 Å². The molecule has 0 spiro atoms. The number of halogens is 1. The van der Waals surface area contributed by atoms with E-state index in [9.17, 15) is 9.59 Å². The first-order chi connectivity index (χ1) is 14.9. The van der Waals surface area contributed by atoms with Crippen LogP contribution in [0.5, 0.6) is 0 Å². The molecule has 6 heteroatoms. The van der Waals surface area contributed by atoms with Crippen LogP contribution >= 0.6 is 11.6 Å². The number of imide groups is 1. The summed E-state index contributed by atoms with van der Waals surface area (Å²) in [5.41, 5.74) is 5.05. The largest absolute Gasteiger partial charge is 0.318 e. The fraction of sp³-hybridized carbons (Fsp3) is 0.400. The quantitative estimate of drug-likeness (QED) is 0.408. The molecule has 2 aromatic rings. The van der Waals surface area contributed by atoms with Crippen molar-refractivity contribution >= 4 is 29.6 Å². The van der Waals surface area contributed by atoms with E-state index in [0.717, 1.165) is 39.6 Å². The fourth-order valence-corrected chi connectivity index (χ4v) is 6.45. The van der Waals surface area contributed by atoms with Crippen LogP contribution in [-0.4, -0.2) is 27.6 Å². The van der Waals surface area contributed by atoms with E-state index in [0.29, 0.717) is 16.9 Å². The van der Waals surface area contributed by atoms with Crippen LogP contribution < -0.4 is 0 Å². The Hall–Kier alpha value is -2.66. The maximum absolute atomic E-state index is 13.1. The topological polar surface area (TPSA) is 54.7 Å². The number of allylic oxidation sites excluding steroid dienone is 2. The number of rotatable bonds is 3. The SMILES string of the molecule is Cc1ccc(Cl)cc1-n1c(C)cc(/C=N\N2C(=O)[C@@H]3[C@H]4C=C[C@@H]([C@@H]5C[C@H]45)[C@@H]3C2=O)c1C. The summed E-state index contributed by atoms with van der Waals surface area (Å²) >= 11 is 6.23. The molecule has 158 valence electrons. The fourth-order valence-electron chi connectivity index (χ4n) is 6.29. The second kappa shape index (κ2) is 6.42. The first kappa shape index (κ1) is 19.1. The second-order valence-electron chi connectivity index (χ2n) is 9.48. The van der Waals surface area contributed by atoms with Crippen LogP contribution in [0.3, 0.4) is 0 Å². The minimum atomic E-state index is -0.218. The summed E-state index contributed by atoms with van der Waals surface area (Å²) in [6.45, 7) is 6.09. The van der Waals surface area contributed by atoms with Gasteiger partial charge in [-0.2, -0.15) is 10.1 Å². The first-order valence-corrected chi connectivity index (χ1v) is 11.3. The second-order valence-corrected chi connectivity index (χ2v) is 9.92. The summed E-state index contributed by atoms with van der Waals surface area (Å²) in [5, 5.41) is 6.23. The van der Waals surface area contributed by atoms with Crippen molar-refractivity contribution in [3.63, 3.8) is 0 Å². The molecule has 1 saturated heterocycles.